The van der Waals surface area contributed by atoms with Crippen molar-refractivity contribution in [3.8, 4) is 11.5 Å². The largest absolute Gasteiger partial charge is 0.495 e. The van der Waals surface area contributed by atoms with Gasteiger partial charge in [-0.1, -0.05) is 11.6 Å². The molecule has 2 heterocycles. The molecule has 1 aliphatic heterocycles. The summed E-state index contributed by atoms with van der Waals surface area (Å²) < 4.78 is 21.9. The number of rotatable bonds is 8. The number of hydrogen-bond donors (Lipinski definition) is 4. The van der Waals surface area contributed by atoms with Crippen molar-refractivity contribution in [3.05, 3.63) is 41.6 Å². The second kappa shape index (κ2) is 12.3. The summed E-state index contributed by atoms with van der Waals surface area (Å²) in [5, 5.41) is 9.30. The summed E-state index contributed by atoms with van der Waals surface area (Å²) in [6.07, 6.45) is 0.884. The Hall–Kier alpha value is -4.16. The Labute approximate surface area is 238 Å². The average molecular weight is 572 g/mol. The maximum absolute atomic E-state index is 12.2. The number of nitrogen functional groups attached to an aromatic ring is 1. The fourth-order valence-corrected chi connectivity index (χ4v) is 4.14. The molecule has 40 heavy (non-hydrogen) atoms. The van der Waals surface area contributed by atoms with E-state index in [0.29, 0.717) is 53.3 Å². The third-order valence-electron chi connectivity index (χ3n) is 5.79. The number of carbonyl (C=O) groups excluding carboxylic acids is 1. The van der Waals surface area contributed by atoms with Gasteiger partial charge in [0.15, 0.2) is 5.82 Å². The molecule has 0 unspecified atom stereocenters. The summed E-state index contributed by atoms with van der Waals surface area (Å²) in [4.78, 5) is 23.3. The van der Waals surface area contributed by atoms with Gasteiger partial charge in [0.05, 0.1) is 56.4 Å². The highest BCUT2D eigenvalue weighted by atomic mass is 35.5. The van der Waals surface area contributed by atoms with Crippen molar-refractivity contribution in [1.82, 2.24) is 9.97 Å². The first-order valence-electron chi connectivity index (χ1n) is 12.6. The Kier molecular flexibility index (Phi) is 8.90. The minimum absolute atomic E-state index is 0.255. The molecule has 4 rings (SSSR count). The highest BCUT2D eigenvalue weighted by molar-refractivity contribution is 6.33. The van der Waals surface area contributed by atoms with E-state index < -0.39 is 11.7 Å². The van der Waals surface area contributed by atoms with Gasteiger partial charge in [0.25, 0.3) is 0 Å². The van der Waals surface area contributed by atoms with Crippen molar-refractivity contribution < 1.29 is 23.7 Å². The fourth-order valence-electron chi connectivity index (χ4n) is 4.00. The lowest BCUT2D eigenvalue weighted by atomic mass is 10.2. The second-order valence-electron chi connectivity index (χ2n) is 9.89. The number of nitrogens with two attached hydrogens (primary N) is 1. The highest BCUT2D eigenvalue weighted by Crippen LogP contribution is 2.38. The van der Waals surface area contributed by atoms with Gasteiger partial charge < -0.3 is 40.2 Å². The number of ether oxygens (including phenoxy) is 4. The molecular formula is C27H34ClN7O5. The van der Waals surface area contributed by atoms with Gasteiger partial charge in [-0.2, -0.15) is 4.98 Å². The van der Waals surface area contributed by atoms with E-state index in [4.69, 9.17) is 36.3 Å². The average Bonchev–Trinajstić information content (AvgIpc) is 2.90. The van der Waals surface area contributed by atoms with Crippen molar-refractivity contribution >= 4 is 57.9 Å². The molecule has 0 spiro atoms. The van der Waals surface area contributed by atoms with Crippen LogP contribution in [0.3, 0.4) is 0 Å². The SMILES string of the molecule is COc1cc(N2CCOCC2)c(N)cc1Nc1ncc(Cl)c(Nc2cc(NC(=O)OC(C)(C)C)ccc2OC)n1. The van der Waals surface area contributed by atoms with Gasteiger partial charge in [0.1, 0.15) is 22.1 Å². The third kappa shape index (κ3) is 7.27. The van der Waals surface area contributed by atoms with Crippen molar-refractivity contribution in [2.24, 2.45) is 0 Å². The normalized spacial score (nSPS) is 13.4. The molecule has 1 amide bonds. The van der Waals surface area contributed by atoms with E-state index in [1.807, 2.05) is 6.07 Å². The summed E-state index contributed by atoms with van der Waals surface area (Å²) in [7, 11) is 3.12. The van der Waals surface area contributed by atoms with Crippen molar-refractivity contribution in [1.29, 1.82) is 0 Å². The molecular weight excluding hydrogens is 538 g/mol. The number of carbonyl (C=O) groups is 1. The van der Waals surface area contributed by atoms with Crippen LogP contribution in [0.15, 0.2) is 36.5 Å². The number of morpholine rings is 1. The van der Waals surface area contributed by atoms with Crippen molar-refractivity contribution in [2.45, 2.75) is 26.4 Å². The van der Waals surface area contributed by atoms with Gasteiger partial charge in [-0.3, -0.25) is 5.32 Å². The molecule has 0 saturated carbocycles. The number of nitrogens with zero attached hydrogens (tertiary/aromatic N) is 3. The van der Waals surface area contributed by atoms with Crippen LogP contribution in [-0.4, -0.2) is 62.2 Å². The molecule has 5 N–H and O–H groups in total. The first kappa shape index (κ1) is 28.8. The molecule has 1 saturated heterocycles. The van der Waals surface area contributed by atoms with Gasteiger partial charge in [-0.05, 0) is 45.0 Å². The van der Waals surface area contributed by atoms with Gasteiger partial charge in [0.2, 0.25) is 5.95 Å². The Morgan fingerprint density at radius 1 is 1.05 bits per heavy atom. The van der Waals surface area contributed by atoms with E-state index in [9.17, 15) is 4.79 Å². The van der Waals surface area contributed by atoms with Crippen LogP contribution in [0, 0.1) is 0 Å². The van der Waals surface area contributed by atoms with Crippen LogP contribution >= 0.6 is 11.6 Å². The van der Waals surface area contributed by atoms with Crippen LogP contribution in [0.25, 0.3) is 0 Å². The Morgan fingerprint density at radius 3 is 2.42 bits per heavy atom. The zero-order chi connectivity index (χ0) is 28.9. The Morgan fingerprint density at radius 2 is 1.75 bits per heavy atom. The quantitative estimate of drug-likeness (QED) is 0.258. The zero-order valence-electron chi connectivity index (χ0n) is 23.1. The monoisotopic (exact) mass is 571 g/mol. The minimum atomic E-state index is -0.633. The number of benzene rings is 2. The predicted octanol–water partition coefficient (Wildman–Crippen LogP) is 5.40. The molecule has 214 valence electrons. The highest BCUT2D eigenvalue weighted by Gasteiger charge is 2.19. The lowest BCUT2D eigenvalue weighted by Crippen LogP contribution is -2.36. The predicted molar refractivity (Wildman–Crippen MR) is 157 cm³/mol. The number of anilines is 7. The number of hydrogen-bond acceptors (Lipinski definition) is 11. The first-order chi connectivity index (χ1) is 19.1. The van der Waals surface area contributed by atoms with Crippen molar-refractivity contribution in [3.63, 3.8) is 0 Å². The van der Waals surface area contributed by atoms with Gasteiger partial charge >= 0.3 is 6.09 Å². The van der Waals surface area contributed by atoms with E-state index in [2.05, 4.69) is 30.8 Å². The maximum atomic E-state index is 12.2. The molecule has 12 nitrogen and oxygen atoms in total. The number of halogens is 1. The lowest BCUT2D eigenvalue weighted by Gasteiger charge is -2.30. The zero-order valence-corrected chi connectivity index (χ0v) is 23.9. The summed E-state index contributed by atoms with van der Waals surface area (Å²) >= 11 is 6.43. The van der Waals surface area contributed by atoms with Crippen LogP contribution in [0.1, 0.15) is 20.8 Å². The standard InChI is InChI=1S/C27H34ClN7O5/c1-27(2,3)40-26(36)31-16-6-7-22(37-4)19(12-16)32-24-17(28)15-30-25(34-24)33-20-13-18(29)21(14-23(20)38-5)35-8-10-39-11-9-35/h6-7,12-15H,8-11,29H2,1-5H3,(H,31,36)(H2,30,32,33,34). The summed E-state index contributed by atoms with van der Waals surface area (Å²) in [6, 6.07) is 8.74. The molecule has 0 aliphatic carbocycles. The van der Waals surface area contributed by atoms with Crippen LogP contribution in [-0.2, 0) is 9.47 Å². The first-order valence-corrected chi connectivity index (χ1v) is 13.0. The lowest BCUT2D eigenvalue weighted by molar-refractivity contribution is 0.0636. The molecule has 1 aliphatic rings. The topological polar surface area (TPSA) is 145 Å². The molecule has 13 heteroatoms. The maximum Gasteiger partial charge on any atom is 0.412 e. The number of aromatic nitrogens is 2. The van der Waals surface area contributed by atoms with Crippen molar-refractivity contribution in [2.75, 3.05) is 67.1 Å². The fraction of sp³-hybridized carbons (Fsp3) is 0.370. The smallest absolute Gasteiger partial charge is 0.412 e. The molecule has 0 atom stereocenters. The van der Waals surface area contributed by atoms with E-state index in [0.717, 1.165) is 18.8 Å². The van der Waals surface area contributed by atoms with Gasteiger partial charge in [-0.25, -0.2) is 9.78 Å². The summed E-state index contributed by atoms with van der Waals surface area (Å²) in [5.74, 6) is 1.65. The number of nitrogens with one attached hydrogen (secondary N) is 3. The number of amides is 1. The molecule has 1 aromatic heterocycles. The third-order valence-corrected chi connectivity index (χ3v) is 6.07. The molecule has 0 radical (unpaired) electrons. The van der Waals surface area contributed by atoms with E-state index >= 15 is 0 Å². The van der Waals surface area contributed by atoms with Crippen LogP contribution in [0.4, 0.5) is 45.0 Å². The van der Waals surface area contributed by atoms with E-state index in [1.54, 1.807) is 52.1 Å². The second-order valence-corrected chi connectivity index (χ2v) is 10.3. The Bertz CT molecular complexity index is 1360. The molecule has 3 aromatic rings. The van der Waals surface area contributed by atoms with Crippen LogP contribution in [0.5, 0.6) is 11.5 Å². The molecule has 2 aromatic carbocycles. The molecule has 0 bridgehead atoms. The van der Waals surface area contributed by atoms with Crippen LogP contribution in [0.2, 0.25) is 5.02 Å². The van der Waals surface area contributed by atoms with Gasteiger partial charge in [-0.15, -0.1) is 0 Å². The summed E-state index contributed by atoms with van der Waals surface area (Å²) in [6.45, 7) is 8.14. The number of methoxy groups -OCH3 is 2. The van der Waals surface area contributed by atoms with Crippen LogP contribution < -0.4 is 36.1 Å². The van der Waals surface area contributed by atoms with Gasteiger partial charge in [0, 0.05) is 24.8 Å². The molecule has 1 fully saturated rings. The Balaban J connectivity index is 1.56. The minimum Gasteiger partial charge on any atom is -0.495 e. The van der Waals surface area contributed by atoms with E-state index in [-0.39, 0.29) is 11.0 Å². The van der Waals surface area contributed by atoms with E-state index in [1.165, 1.54) is 13.3 Å². The summed E-state index contributed by atoms with van der Waals surface area (Å²) in [5.41, 5.74) is 8.80.